The summed E-state index contributed by atoms with van der Waals surface area (Å²) in [5, 5.41) is 3.17. The lowest BCUT2D eigenvalue weighted by molar-refractivity contribution is -0.286. The van der Waals surface area contributed by atoms with E-state index in [9.17, 15) is 13.6 Å². The van der Waals surface area contributed by atoms with Crippen molar-refractivity contribution in [2.75, 3.05) is 6.61 Å². The van der Waals surface area contributed by atoms with Gasteiger partial charge >= 0.3 is 6.29 Å². The van der Waals surface area contributed by atoms with E-state index in [1.807, 2.05) is 24.3 Å². The van der Waals surface area contributed by atoms with E-state index in [4.69, 9.17) is 4.74 Å². The third-order valence-electron chi connectivity index (χ3n) is 6.00. The number of alkyl halides is 2. The van der Waals surface area contributed by atoms with E-state index in [0.29, 0.717) is 31.4 Å². The van der Waals surface area contributed by atoms with Crippen molar-refractivity contribution < 1.29 is 27.8 Å². The zero-order valence-corrected chi connectivity index (χ0v) is 17.6. The van der Waals surface area contributed by atoms with Crippen LogP contribution in [0.5, 0.6) is 11.5 Å². The zero-order chi connectivity index (χ0) is 20.9. The van der Waals surface area contributed by atoms with Gasteiger partial charge in [0.2, 0.25) is 5.91 Å². The van der Waals surface area contributed by atoms with Gasteiger partial charge in [0.1, 0.15) is 0 Å². The van der Waals surface area contributed by atoms with Crippen molar-refractivity contribution in [3.05, 3.63) is 58.1 Å². The lowest BCUT2D eigenvalue weighted by atomic mass is 9.92. The maximum Gasteiger partial charge on any atom is 0.586 e. The largest absolute Gasteiger partial charge is 0.586 e. The highest BCUT2D eigenvalue weighted by molar-refractivity contribution is 9.10. The number of carbonyl (C=O) groups excluding carboxylic acids is 1. The Morgan fingerprint density at radius 3 is 2.53 bits per heavy atom. The highest BCUT2D eigenvalue weighted by Crippen LogP contribution is 2.52. The number of carbonyl (C=O) groups is 1. The van der Waals surface area contributed by atoms with Crippen LogP contribution in [-0.4, -0.2) is 24.9 Å². The first-order valence-electron chi connectivity index (χ1n) is 9.93. The molecular weight excluding hydrogens is 460 g/mol. The molecule has 0 unspecified atom stereocenters. The van der Waals surface area contributed by atoms with Crippen molar-refractivity contribution in [1.82, 2.24) is 5.32 Å². The molecule has 2 fully saturated rings. The predicted octanol–water partition coefficient (Wildman–Crippen LogP) is 4.84. The van der Waals surface area contributed by atoms with Gasteiger partial charge in [-0.2, -0.15) is 0 Å². The molecule has 1 saturated heterocycles. The number of halogens is 3. The first kappa shape index (κ1) is 19.8. The van der Waals surface area contributed by atoms with Crippen LogP contribution in [0.15, 0.2) is 46.9 Å². The zero-order valence-electron chi connectivity index (χ0n) is 16.0. The molecule has 5 nitrogen and oxygen atoms in total. The van der Waals surface area contributed by atoms with Crippen molar-refractivity contribution in [2.24, 2.45) is 0 Å². The smallest absolute Gasteiger partial charge is 0.395 e. The van der Waals surface area contributed by atoms with Crippen LogP contribution in [0.1, 0.15) is 42.9 Å². The van der Waals surface area contributed by atoms with Crippen LogP contribution >= 0.6 is 15.9 Å². The van der Waals surface area contributed by atoms with Gasteiger partial charge < -0.3 is 19.5 Å². The maximum absolute atomic E-state index is 13.3. The van der Waals surface area contributed by atoms with Gasteiger partial charge in [0.05, 0.1) is 11.5 Å². The van der Waals surface area contributed by atoms with E-state index in [0.717, 1.165) is 16.5 Å². The van der Waals surface area contributed by atoms with E-state index < -0.39 is 11.7 Å². The minimum atomic E-state index is -3.66. The number of ether oxygens (including phenoxy) is 3. The third kappa shape index (κ3) is 3.67. The number of amides is 1. The molecule has 0 radical (unpaired) electrons. The molecule has 2 heterocycles. The Kier molecular flexibility index (Phi) is 4.74. The Balaban J connectivity index is 1.28. The molecule has 0 bridgehead atoms. The lowest BCUT2D eigenvalue weighted by Gasteiger charge is -2.31. The second-order valence-electron chi connectivity index (χ2n) is 8.02. The molecule has 1 saturated carbocycles. The third-order valence-corrected chi connectivity index (χ3v) is 6.53. The summed E-state index contributed by atoms with van der Waals surface area (Å²) in [5.41, 5.74) is 1.06. The summed E-state index contributed by atoms with van der Waals surface area (Å²) in [6, 6.07) is 12.6. The van der Waals surface area contributed by atoms with Crippen LogP contribution in [0.25, 0.3) is 0 Å². The number of benzene rings is 2. The number of rotatable bonds is 4. The average molecular weight is 480 g/mol. The Morgan fingerprint density at radius 1 is 1.07 bits per heavy atom. The molecule has 8 heteroatoms. The normalized spacial score (nSPS) is 25.6. The first-order valence-corrected chi connectivity index (χ1v) is 10.7. The second-order valence-corrected chi connectivity index (χ2v) is 8.93. The Bertz CT molecular complexity index is 978. The summed E-state index contributed by atoms with van der Waals surface area (Å²) < 4.78 is 42.5. The molecule has 0 aromatic heterocycles. The standard InChI is InChI=1S/C22H20BrF2NO4/c23-15-4-1-13(2-5-15)18-12-16(7-10-28-18)26-20(27)21(8-9-21)14-3-6-17-19(11-14)30-22(24,25)29-17/h1-6,11,16,18H,7-10,12H2,(H,26,27)/t16-,18-/m0/s1. The van der Waals surface area contributed by atoms with Crippen LogP contribution in [0.4, 0.5) is 8.78 Å². The molecule has 1 aliphatic carbocycles. The van der Waals surface area contributed by atoms with Gasteiger partial charge in [-0.1, -0.05) is 34.1 Å². The fourth-order valence-electron chi connectivity index (χ4n) is 4.18. The summed E-state index contributed by atoms with van der Waals surface area (Å²) in [5.74, 6) is -0.116. The molecule has 30 heavy (non-hydrogen) atoms. The SMILES string of the molecule is O=C(N[C@H]1CCO[C@H](c2ccc(Br)cc2)C1)C1(c2ccc3c(c2)OC(F)(F)O3)CC1. The fourth-order valence-corrected chi connectivity index (χ4v) is 4.44. The van der Waals surface area contributed by atoms with Crippen LogP contribution in [0.2, 0.25) is 0 Å². The summed E-state index contributed by atoms with van der Waals surface area (Å²) in [6.07, 6.45) is -0.953. The van der Waals surface area contributed by atoms with Gasteiger partial charge in [0, 0.05) is 17.1 Å². The molecule has 5 rings (SSSR count). The van der Waals surface area contributed by atoms with Crippen molar-refractivity contribution in [1.29, 1.82) is 0 Å². The predicted molar refractivity (Wildman–Crippen MR) is 108 cm³/mol. The van der Waals surface area contributed by atoms with Crippen molar-refractivity contribution in [2.45, 2.75) is 49.5 Å². The highest BCUT2D eigenvalue weighted by Gasteiger charge is 2.53. The Hall–Kier alpha value is -2.19. The average Bonchev–Trinajstić information content (AvgIpc) is 3.46. The van der Waals surface area contributed by atoms with Crippen LogP contribution in [0.3, 0.4) is 0 Å². The Morgan fingerprint density at radius 2 is 1.80 bits per heavy atom. The van der Waals surface area contributed by atoms with E-state index in [1.54, 1.807) is 6.07 Å². The van der Waals surface area contributed by atoms with E-state index >= 15 is 0 Å². The van der Waals surface area contributed by atoms with Gasteiger partial charge in [-0.05, 0) is 61.1 Å². The van der Waals surface area contributed by atoms with E-state index in [-0.39, 0.29) is 29.6 Å². The fraction of sp³-hybridized carbons (Fsp3) is 0.409. The van der Waals surface area contributed by atoms with Crippen LogP contribution < -0.4 is 14.8 Å². The first-order chi connectivity index (χ1) is 14.3. The number of nitrogens with one attached hydrogen (secondary N) is 1. The van der Waals surface area contributed by atoms with Gasteiger partial charge in [-0.15, -0.1) is 8.78 Å². The van der Waals surface area contributed by atoms with Crippen molar-refractivity contribution in [3.8, 4) is 11.5 Å². The number of hydrogen-bond acceptors (Lipinski definition) is 4. The van der Waals surface area contributed by atoms with Crippen molar-refractivity contribution >= 4 is 21.8 Å². The van der Waals surface area contributed by atoms with Gasteiger partial charge in [0.25, 0.3) is 0 Å². The van der Waals surface area contributed by atoms with Crippen molar-refractivity contribution in [3.63, 3.8) is 0 Å². The molecule has 1 amide bonds. The summed E-state index contributed by atoms with van der Waals surface area (Å²) in [7, 11) is 0. The van der Waals surface area contributed by atoms with Crippen LogP contribution in [0, 0.1) is 0 Å². The molecule has 3 aliphatic rings. The molecule has 1 N–H and O–H groups in total. The molecule has 2 atom stereocenters. The van der Waals surface area contributed by atoms with Crippen LogP contribution in [-0.2, 0) is 14.9 Å². The molecular formula is C22H20BrF2NO4. The quantitative estimate of drug-likeness (QED) is 0.681. The number of fused-ring (bicyclic) bond motifs is 1. The summed E-state index contributed by atoms with van der Waals surface area (Å²) in [4.78, 5) is 13.1. The molecule has 158 valence electrons. The maximum atomic E-state index is 13.3. The van der Waals surface area contributed by atoms with Gasteiger partial charge in [0.15, 0.2) is 11.5 Å². The topological polar surface area (TPSA) is 56.8 Å². The van der Waals surface area contributed by atoms with E-state index in [2.05, 4.69) is 30.7 Å². The molecule has 2 aromatic carbocycles. The highest BCUT2D eigenvalue weighted by atomic mass is 79.9. The summed E-state index contributed by atoms with van der Waals surface area (Å²) in [6.45, 7) is 0.567. The number of hydrogen-bond donors (Lipinski definition) is 1. The second kappa shape index (κ2) is 7.20. The minimum Gasteiger partial charge on any atom is -0.395 e. The van der Waals surface area contributed by atoms with E-state index in [1.165, 1.54) is 12.1 Å². The summed E-state index contributed by atoms with van der Waals surface area (Å²) >= 11 is 3.43. The monoisotopic (exact) mass is 479 g/mol. The molecule has 2 aromatic rings. The minimum absolute atomic E-state index is 0.00397. The van der Waals surface area contributed by atoms with Gasteiger partial charge in [-0.25, -0.2) is 0 Å². The Labute approximate surface area is 180 Å². The lowest BCUT2D eigenvalue weighted by Crippen LogP contribution is -2.44. The van der Waals surface area contributed by atoms with Gasteiger partial charge in [-0.3, -0.25) is 4.79 Å². The molecule has 0 spiro atoms. The molecule has 2 aliphatic heterocycles.